The molecule has 13 heavy (non-hydrogen) atoms. The van der Waals surface area contributed by atoms with Crippen LogP contribution in [-0.4, -0.2) is 29.5 Å². The molecule has 0 amide bonds. The molecule has 2 bridgehead atoms. The zero-order valence-corrected chi connectivity index (χ0v) is 8.47. The molecular weight excluding hydrogens is 182 g/mol. The number of nitrogens with one attached hydrogen (secondary N) is 1. The maximum Gasteiger partial charge on any atom is 0.112 e. The van der Waals surface area contributed by atoms with Gasteiger partial charge in [-0.3, -0.25) is 0 Å². The summed E-state index contributed by atoms with van der Waals surface area (Å²) >= 11 is 1.63. The van der Waals surface area contributed by atoms with Crippen LogP contribution < -0.4 is 10.2 Å². The van der Waals surface area contributed by atoms with E-state index in [1.165, 1.54) is 18.0 Å². The van der Waals surface area contributed by atoms with Crippen molar-refractivity contribution in [3.63, 3.8) is 0 Å². The maximum atomic E-state index is 4.32. The van der Waals surface area contributed by atoms with Crippen molar-refractivity contribution in [2.24, 2.45) is 0 Å². The van der Waals surface area contributed by atoms with E-state index in [9.17, 15) is 0 Å². The fourth-order valence-corrected chi connectivity index (χ4v) is 3.16. The van der Waals surface area contributed by atoms with E-state index in [1.807, 2.05) is 0 Å². The molecule has 0 aromatic carbocycles. The summed E-state index contributed by atoms with van der Waals surface area (Å²) in [4.78, 5) is 2.51. The van der Waals surface area contributed by atoms with Crippen molar-refractivity contribution in [1.82, 2.24) is 9.69 Å². The van der Waals surface area contributed by atoms with E-state index in [1.54, 1.807) is 11.5 Å². The molecule has 1 aromatic heterocycles. The number of aromatic nitrogens is 1. The van der Waals surface area contributed by atoms with Crippen LogP contribution in [-0.2, 0) is 0 Å². The van der Waals surface area contributed by atoms with Crippen molar-refractivity contribution in [1.29, 1.82) is 0 Å². The molecule has 4 heteroatoms. The second kappa shape index (κ2) is 2.69. The van der Waals surface area contributed by atoms with Gasteiger partial charge in [-0.05, 0) is 30.9 Å². The lowest BCUT2D eigenvalue weighted by molar-refractivity contribution is 0.582. The smallest absolute Gasteiger partial charge is 0.112 e. The summed E-state index contributed by atoms with van der Waals surface area (Å²) in [6.45, 7) is 4.39. The average Bonchev–Trinajstić information content (AvgIpc) is 2.77. The van der Waals surface area contributed by atoms with Crippen LogP contribution in [0.15, 0.2) is 6.07 Å². The van der Waals surface area contributed by atoms with Gasteiger partial charge in [0.2, 0.25) is 0 Å². The lowest BCUT2D eigenvalue weighted by Gasteiger charge is -2.27. The first kappa shape index (κ1) is 7.76. The predicted molar refractivity (Wildman–Crippen MR) is 54.4 cm³/mol. The van der Waals surface area contributed by atoms with Gasteiger partial charge in [0, 0.05) is 25.2 Å². The van der Waals surface area contributed by atoms with E-state index in [0.717, 1.165) is 24.3 Å². The molecule has 1 N–H and O–H groups in total. The minimum absolute atomic E-state index is 0.727. The molecule has 2 saturated heterocycles. The molecule has 1 aromatic rings. The molecule has 3 nitrogen and oxygen atoms in total. The van der Waals surface area contributed by atoms with E-state index < -0.39 is 0 Å². The van der Waals surface area contributed by atoms with Crippen LogP contribution in [0.5, 0.6) is 0 Å². The Hall–Kier alpha value is -0.610. The fraction of sp³-hybridized carbons (Fsp3) is 0.667. The number of hydrogen-bond acceptors (Lipinski definition) is 4. The van der Waals surface area contributed by atoms with Crippen LogP contribution >= 0.6 is 11.5 Å². The Kier molecular flexibility index (Phi) is 1.60. The molecule has 2 aliphatic heterocycles. The standard InChI is InChI=1S/C9H13N3S/c1-6-2-9(13-11-6)12-5-7-3-8(12)4-10-7/h2,7-8,10H,3-5H2,1H3/t7-,8+/m0/s1. The molecular formula is C9H13N3S. The molecule has 0 unspecified atom stereocenters. The molecule has 0 radical (unpaired) electrons. The van der Waals surface area contributed by atoms with Crippen molar-refractivity contribution in [2.45, 2.75) is 25.4 Å². The summed E-state index contributed by atoms with van der Waals surface area (Å²) in [6.07, 6.45) is 1.32. The third-order valence-electron chi connectivity index (χ3n) is 2.96. The maximum absolute atomic E-state index is 4.32. The third-order valence-corrected chi connectivity index (χ3v) is 3.87. The molecule has 3 rings (SSSR count). The van der Waals surface area contributed by atoms with E-state index in [-0.39, 0.29) is 0 Å². The molecule has 0 saturated carbocycles. The first-order chi connectivity index (χ1) is 6.33. The van der Waals surface area contributed by atoms with Gasteiger partial charge in [-0.15, -0.1) is 0 Å². The number of rotatable bonds is 1. The summed E-state index contributed by atoms with van der Waals surface area (Å²) < 4.78 is 4.32. The van der Waals surface area contributed by atoms with E-state index in [0.29, 0.717) is 0 Å². The van der Waals surface area contributed by atoms with Gasteiger partial charge in [-0.2, -0.15) is 4.37 Å². The number of hydrogen-bond donors (Lipinski definition) is 1. The Morgan fingerprint density at radius 1 is 1.69 bits per heavy atom. The largest absolute Gasteiger partial charge is 0.356 e. The average molecular weight is 195 g/mol. The van der Waals surface area contributed by atoms with Gasteiger partial charge in [0.1, 0.15) is 5.00 Å². The summed E-state index contributed by atoms with van der Waals surface area (Å²) in [5, 5.41) is 4.86. The Bertz CT molecular complexity index is 322. The van der Waals surface area contributed by atoms with Crippen LogP contribution in [0.4, 0.5) is 5.00 Å². The summed E-state index contributed by atoms with van der Waals surface area (Å²) in [5.41, 5.74) is 1.15. The van der Waals surface area contributed by atoms with Gasteiger partial charge in [0.05, 0.1) is 5.69 Å². The van der Waals surface area contributed by atoms with Crippen LogP contribution in [0.25, 0.3) is 0 Å². The normalized spacial score (nSPS) is 31.6. The molecule has 0 aliphatic carbocycles. The Morgan fingerprint density at radius 2 is 2.62 bits per heavy atom. The molecule has 3 heterocycles. The molecule has 0 spiro atoms. The first-order valence-electron chi connectivity index (χ1n) is 4.76. The highest BCUT2D eigenvalue weighted by molar-refractivity contribution is 7.10. The van der Waals surface area contributed by atoms with E-state index in [2.05, 4.69) is 27.6 Å². The Labute approximate surface area is 81.9 Å². The highest BCUT2D eigenvalue weighted by Gasteiger charge is 2.38. The second-order valence-electron chi connectivity index (χ2n) is 3.95. The minimum Gasteiger partial charge on any atom is -0.356 e. The quantitative estimate of drug-likeness (QED) is 0.724. The van der Waals surface area contributed by atoms with Crippen molar-refractivity contribution >= 4 is 16.5 Å². The van der Waals surface area contributed by atoms with Crippen molar-refractivity contribution in [3.05, 3.63) is 11.8 Å². The highest BCUT2D eigenvalue weighted by Crippen LogP contribution is 2.32. The van der Waals surface area contributed by atoms with Gasteiger partial charge in [-0.25, -0.2) is 0 Å². The number of piperazine rings is 1. The third kappa shape index (κ3) is 1.16. The lowest BCUT2D eigenvalue weighted by Crippen LogP contribution is -2.43. The Morgan fingerprint density at radius 3 is 3.15 bits per heavy atom. The zero-order valence-electron chi connectivity index (χ0n) is 7.66. The van der Waals surface area contributed by atoms with E-state index in [4.69, 9.17) is 0 Å². The van der Waals surface area contributed by atoms with Crippen molar-refractivity contribution in [3.8, 4) is 0 Å². The summed E-state index contributed by atoms with van der Waals surface area (Å²) in [7, 11) is 0. The molecule has 2 fully saturated rings. The van der Waals surface area contributed by atoms with Crippen molar-refractivity contribution in [2.75, 3.05) is 18.0 Å². The number of anilines is 1. The monoisotopic (exact) mass is 195 g/mol. The van der Waals surface area contributed by atoms with Crippen LogP contribution in [0, 0.1) is 6.92 Å². The molecule has 2 atom stereocenters. The van der Waals surface area contributed by atoms with Gasteiger partial charge >= 0.3 is 0 Å². The molecule has 70 valence electrons. The minimum atomic E-state index is 0.727. The van der Waals surface area contributed by atoms with Crippen LogP contribution in [0.2, 0.25) is 0 Å². The van der Waals surface area contributed by atoms with Crippen LogP contribution in [0.3, 0.4) is 0 Å². The molecule has 2 aliphatic rings. The summed E-state index contributed by atoms with van der Waals surface area (Å²) in [5.74, 6) is 0. The predicted octanol–water partition coefficient (Wildman–Crippen LogP) is 1.00. The summed E-state index contributed by atoms with van der Waals surface area (Å²) in [6, 6.07) is 3.66. The topological polar surface area (TPSA) is 28.2 Å². The lowest BCUT2D eigenvalue weighted by atomic mass is 10.2. The second-order valence-corrected chi connectivity index (χ2v) is 4.74. The first-order valence-corrected chi connectivity index (χ1v) is 5.53. The van der Waals surface area contributed by atoms with Gasteiger partial charge in [0.15, 0.2) is 0 Å². The zero-order chi connectivity index (χ0) is 8.84. The Balaban J connectivity index is 1.87. The van der Waals surface area contributed by atoms with Gasteiger partial charge < -0.3 is 10.2 Å². The van der Waals surface area contributed by atoms with E-state index >= 15 is 0 Å². The SMILES string of the molecule is Cc1cc(N2C[C@@H]3C[C@@H]2CN3)sn1. The van der Waals surface area contributed by atoms with Crippen LogP contribution in [0.1, 0.15) is 12.1 Å². The van der Waals surface area contributed by atoms with Gasteiger partial charge in [-0.1, -0.05) is 0 Å². The highest BCUT2D eigenvalue weighted by atomic mass is 32.1. The number of fused-ring (bicyclic) bond motifs is 2. The number of nitrogens with zero attached hydrogens (tertiary/aromatic N) is 2. The van der Waals surface area contributed by atoms with Gasteiger partial charge in [0.25, 0.3) is 0 Å². The fourth-order valence-electron chi connectivity index (χ4n) is 2.32. The van der Waals surface area contributed by atoms with Crippen molar-refractivity contribution < 1.29 is 0 Å². The number of aryl methyl sites for hydroxylation is 1.